The number of fused-ring (bicyclic) bond motifs is 1. The Morgan fingerprint density at radius 1 is 1.29 bits per heavy atom. The summed E-state index contributed by atoms with van der Waals surface area (Å²) in [6, 6.07) is 8.03. The normalized spacial score (nSPS) is 12.6. The number of imidazole rings is 1. The van der Waals surface area contributed by atoms with E-state index in [-0.39, 0.29) is 34.8 Å². The van der Waals surface area contributed by atoms with E-state index in [0.29, 0.717) is 10.6 Å². The number of nitrogens with one attached hydrogen (secondary N) is 2. The van der Waals surface area contributed by atoms with E-state index in [2.05, 4.69) is 20.3 Å². The van der Waals surface area contributed by atoms with Crippen molar-refractivity contribution in [3.05, 3.63) is 58.6 Å². The average Bonchev–Trinajstić information content (AvgIpc) is 3.42. The number of nitrogens with zero attached hydrogens (tertiary/aromatic N) is 2. The van der Waals surface area contributed by atoms with Crippen molar-refractivity contribution in [3.63, 3.8) is 0 Å². The minimum absolute atomic E-state index is 0.0744. The molecule has 0 unspecified atom stereocenters. The lowest BCUT2D eigenvalue weighted by molar-refractivity contribution is -0.137. The van der Waals surface area contributed by atoms with Gasteiger partial charge in [-0.05, 0) is 37.3 Å². The van der Waals surface area contributed by atoms with Crippen molar-refractivity contribution < 1.29 is 32.9 Å². The summed E-state index contributed by atoms with van der Waals surface area (Å²) in [4.78, 5) is 24.9. The van der Waals surface area contributed by atoms with Crippen LogP contribution in [0.1, 0.15) is 20.8 Å². The van der Waals surface area contributed by atoms with Crippen LogP contribution in [0.5, 0.6) is 5.75 Å². The first kappa shape index (κ1) is 23.7. The Balaban J connectivity index is 1.70. The number of aromatic nitrogens is 3. The van der Waals surface area contributed by atoms with Crippen LogP contribution in [-0.2, 0) is 6.18 Å². The van der Waals surface area contributed by atoms with Gasteiger partial charge >= 0.3 is 6.18 Å². The van der Waals surface area contributed by atoms with Gasteiger partial charge in [-0.2, -0.15) is 13.2 Å². The number of ether oxygens (including phenoxy) is 1. The lowest BCUT2D eigenvalue weighted by atomic mass is 10.1. The fraction of sp³-hybridized carbons (Fsp3) is 0.227. The van der Waals surface area contributed by atoms with Gasteiger partial charge in [0.2, 0.25) is 0 Å². The predicted molar refractivity (Wildman–Crippen MR) is 120 cm³/mol. The Morgan fingerprint density at radius 3 is 2.76 bits per heavy atom. The molecule has 1 amide bonds. The number of thiazole rings is 1. The summed E-state index contributed by atoms with van der Waals surface area (Å²) >= 11 is 1.29. The van der Waals surface area contributed by atoms with E-state index in [4.69, 9.17) is 9.84 Å². The van der Waals surface area contributed by atoms with Crippen molar-refractivity contribution in [1.82, 2.24) is 15.0 Å². The molecule has 12 heteroatoms. The number of benzene rings is 2. The van der Waals surface area contributed by atoms with Crippen molar-refractivity contribution >= 4 is 33.4 Å². The number of rotatable bonds is 7. The number of hydrogen-bond donors (Lipinski definition) is 4. The summed E-state index contributed by atoms with van der Waals surface area (Å²) < 4.78 is 46.6. The minimum atomic E-state index is -4.73. The lowest BCUT2D eigenvalue weighted by Crippen LogP contribution is -2.21. The molecule has 2 aromatic carbocycles. The monoisotopic (exact) mass is 492 g/mol. The first-order valence-corrected chi connectivity index (χ1v) is 10.8. The van der Waals surface area contributed by atoms with E-state index in [0.717, 1.165) is 10.9 Å². The first-order chi connectivity index (χ1) is 16.2. The number of alkyl halides is 3. The maximum Gasteiger partial charge on any atom is 0.417 e. The second-order valence-corrected chi connectivity index (χ2v) is 8.60. The molecule has 0 saturated heterocycles. The van der Waals surface area contributed by atoms with Crippen LogP contribution in [-0.4, -0.2) is 50.4 Å². The molecule has 0 saturated carbocycles. The van der Waals surface area contributed by atoms with Gasteiger partial charge in [-0.1, -0.05) is 6.07 Å². The number of hydrogen-bond acceptors (Lipinski definition) is 7. The van der Waals surface area contributed by atoms with Crippen LogP contribution in [0.4, 0.5) is 18.3 Å². The van der Waals surface area contributed by atoms with Gasteiger partial charge in [-0.15, -0.1) is 11.3 Å². The molecule has 1 atom stereocenters. The van der Waals surface area contributed by atoms with Gasteiger partial charge in [0.05, 0.1) is 23.3 Å². The summed E-state index contributed by atoms with van der Waals surface area (Å²) in [7, 11) is 0. The summed E-state index contributed by atoms with van der Waals surface area (Å²) in [6.07, 6.45) is -4.33. The van der Waals surface area contributed by atoms with Gasteiger partial charge in [0.15, 0.2) is 5.13 Å². The molecule has 0 aliphatic rings. The topological polar surface area (TPSA) is 120 Å². The summed E-state index contributed by atoms with van der Waals surface area (Å²) in [6.45, 7) is 0.896. The number of carbonyl (C=O) groups is 1. The van der Waals surface area contributed by atoms with Gasteiger partial charge < -0.3 is 19.9 Å². The second kappa shape index (κ2) is 9.41. The highest BCUT2D eigenvalue weighted by molar-refractivity contribution is 7.15. The molecule has 2 heterocycles. The van der Waals surface area contributed by atoms with Crippen LogP contribution in [0.3, 0.4) is 0 Å². The third kappa shape index (κ3) is 5.03. The standard InChI is InChI=1S/C22H19F3N4O4S/c1-11-8-26-21(34-11)29-20(32)15-3-2-4-17-18(15)28-19(27-17)14-6-5-13(33-10-12(31)9-30)7-16(14)22(23,24)25/h2-8,12,30-31H,9-10H2,1H3,(H,27,28)(H,26,29,32)/t12-/m1/s1. The molecule has 0 bridgehead atoms. The molecular formula is C22H19F3N4O4S. The highest BCUT2D eigenvalue weighted by atomic mass is 32.1. The molecule has 4 aromatic rings. The number of aliphatic hydroxyl groups is 2. The van der Waals surface area contributed by atoms with E-state index in [9.17, 15) is 23.1 Å². The van der Waals surface area contributed by atoms with Gasteiger partial charge in [0, 0.05) is 16.6 Å². The van der Waals surface area contributed by atoms with Crippen LogP contribution in [0.25, 0.3) is 22.4 Å². The van der Waals surface area contributed by atoms with Crippen molar-refractivity contribution in [3.8, 4) is 17.1 Å². The van der Waals surface area contributed by atoms with Crippen LogP contribution in [0.2, 0.25) is 0 Å². The first-order valence-electron chi connectivity index (χ1n) is 10.0. The third-order valence-electron chi connectivity index (χ3n) is 4.80. The number of carbonyl (C=O) groups excluding carboxylic acids is 1. The number of amides is 1. The molecule has 178 valence electrons. The Morgan fingerprint density at radius 2 is 2.09 bits per heavy atom. The lowest BCUT2D eigenvalue weighted by Gasteiger charge is -2.15. The molecule has 0 radical (unpaired) electrons. The summed E-state index contributed by atoms with van der Waals surface area (Å²) in [5.41, 5.74) is -0.466. The van der Waals surface area contributed by atoms with Crippen LogP contribution in [0.15, 0.2) is 42.6 Å². The largest absolute Gasteiger partial charge is 0.491 e. The number of H-pyrrole nitrogens is 1. The smallest absolute Gasteiger partial charge is 0.417 e. The van der Waals surface area contributed by atoms with Gasteiger partial charge in [0.1, 0.15) is 29.8 Å². The molecule has 2 aromatic heterocycles. The zero-order valence-corrected chi connectivity index (χ0v) is 18.5. The quantitative estimate of drug-likeness (QED) is 0.310. The molecule has 4 N–H and O–H groups in total. The average molecular weight is 492 g/mol. The number of aryl methyl sites for hydroxylation is 1. The molecule has 0 fully saturated rings. The summed E-state index contributed by atoms with van der Waals surface area (Å²) in [5.74, 6) is -0.687. The number of aliphatic hydroxyl groups excluding tert-OH is 2. The Hall–Kier alpha value is -3.48. The second-order valence-electron chi connectivity index (χ2n) is 7.37. The van der Waals surface area contributed by atoms with Crippen molar-refractivity contribution in [2.45, 2.75) is 19.2 Å². The molecule has 8 nitrogen and oxygen atoms in total. The van der Waals surface area contributed by atoms with E-state index in [1.807, 2.05) is 6.92 Å². The van der Waals surface area contributed by atoms with E-state index >= 15 is 0 Å². The zero-order chi connectivity index (χ0) is 24.5. The van der Waals surface area contributed by atoms with Crippen LogP contribution in [0, 0.1) is 6.92 Å². The fourth-order valence-corrected chi connectivity index (χ4v) is 3.88. The number of aromatic amines is 1. The predicted octanol–water partition coefficient (Wildman–Crippen LogP) is 4.00. The van der Waals surface area contributed by atoms with Gasteiger partial charge in [-0.3, -0.25) is 10.1 Å². The van der Waals surface area contributed by atoms with Crippen LogP contribution >= 0.6 is 11.3 Å². The fourth-order valence-electron chi connectivity index (χ4n) is 3.22. The van der Waals surface area contributed by atoms with E-state index < -0.39 is 30.4 Å². The van der Waals surface area contributed by atoms with E-state index in [1.54, 1.807) is 18.3 Å². The van der Waals surface area contributed by atoms with Gasteiger partial charge in [0.25, 0.3) is 5.91 Å². The Labute approximate surface area is 195 Å². The van der Waals surface area contributed by atoms with Crippen molar-refractivity contribution in [2.75, 3.05) is 18.5 Å². The molecule has 0 spiro atoms. The van der Waals surface area contributed by atoms with Crippen molar-refractivity contribution in [1.29, 1.82) is 0 Å². The highest BCUT2D eigenvalue weighted by Gasteiger charge is 2.35. The summed E-state index contributed by atoms with van der Waals surface area (Å²) in [5, 5.41) is 21.3. The maximum absolute atomic E-state index is 13.8. The van der Waals surface area contributed by atoms with E-state index in [1.165, 1.54) is 29.5 Å². The number of halogens is 3. The maximum atomic E-state index is 13.8. The molecule has 0 aliphatic heterocycles. The molecular weight excluding hydrogens is 473 g/mol. The SMILES string of the molecule is Cc1cnc(NC(=O)c2cccc3[nH]c(-c4ccc(OC[C@H](O)CO)cc4C(F)(F)F)nc23)s1. The molecule has 4 rings (SSSR count). The Kier molecular flexibility index (Phi) is 6.55. The van der Waals surface area contributed by atoms with Gasteiger partial charge in [-0.25, -0.2) is 9.97 Å². The van der Waals surface area contributed by atoms with Crippen LogP contribution < -0.4 is 10.1 Å². The highest BCUT2D eigenvalue weighted by Crippen LogP contribution is 2.39. The molecule has 0 aliphatic carbocycles. The number of para-hydroxylation sites is 1. The number of anilines is 1. The minimum Gasteiger partial charge on any atom is -0.491 e. The Bertz CT molecular complexity index is 1340. The zero-order valence-electron chi connectivity index (χ0n) is 17.7. The van der Waals surface area contributed by atoms with Crippen molar-refractivity contribution in [2.24, 2.45) is 0 Å². The third-order valence-corrected chi connectivity index (χ3v) is 5.63. The molecule has 34 heavy (non-hydrogen) atoms.